The Balaban J connectivity index is 1.48. The average Bonchev–Trinajstić information content (AvgIpc) is 2.73. The third kappa shape index (κ3) is 10.5. The number of likely N-dealkylation sites (tertiary alicyclic amines) is 2. The molecule has 0 aromatic heterocycles. The van der Waals surface area contributed by atoms with Crippen LogP contribution in [0.1, 0.15) is 46.5 Å². The highest BCUT2D eigenvalue weighted by molar-refractivity contribution is 5.68. The van der Waals surface area contributed by atoms with Gasteiger partial charge in [-0.1, -0.05) is 0 Å². The highest BCUT2D eigenvalue weighted by Gasteiger charge is 2.39. The summed E-state index contributed by atoms with van der Waals surface area (Å²) in [5.74, 6) is 0. The van der Waals surface area contributed by atoms with Crippen molar-refractivity contribution in [2.24, 2.45) is 5.41 Å². The van der Waals surface area contributed by atoms with Crippen LogP contribution in [0.15, 0.2) is 0 Å². The fourth-order valence-electron chi connectivity index (χ4n) is 4.15. The van der Waals surface area contributed by atoms with Gasteiger partial charge in [0.1, 0.15) is 5.60 Å². The van der Waals surface area contributed by atoms with E-state index in [2.05, 4.69) is 10.2 Å². The number of hydrogen-bond acceptors (Lipinski definition) is 7. The zero-order valence-corrected chi connectivity index (χ0v) is 20.2. The molecule has 0 saturated carbocycles. The lowest BCUT2D eigenvalue weighted by Crippen LogP contribution is -2.49. The molecule has 182 valence electrons. The Kier molecular flexibility index (Phi) is 11.5. The van der Waals surface area contributed by atoms with Crippen molar-refractivity contribution in [1.82, 2.24) is 15.1 Å². The summed E-state index contributed by atoms with van der Waals surface area (Å²) >= 11 is 0. The van der Waals surface area contributed by atoms with Gasteiger partial charge in [0.15, 0.2) is 0 Å². The van der Waals surface area contributed by atoms with E-state index in [1.54, 1.807) is 0 Å². The molecule has 0 radical (unpaired) electrons. The lowest BCUT2D eigenvalue weighted by Gasteiger charge is -2.46. The van der Waals surface area contributed by atoms with Crippen molar-refractivity contribution in [3.63, 3.8) is 0 Å². The number of ether oxygens (including phenoxy) is 4. The summed E-state index contributed by atoms with van der Waals surface area (Å²) in [6.45, 7) is 15.5. The van der Waals surface area contributed by atoms with Crippen molar-refractivity contribution in [2.45, 2.75) is 52.1 Å². The van der Waals surface area contributed by atoms with Crippen LogP contribution in [0, 0.1) is 5.41 Å². The van der Waals surface area contributed by atoms with E-state index in [1.807, 2.05) is 32.7 Å². The lowest BCUT2D eigenvalue weighted by molar-refractivity contribution is -0.00964. The molecule has 0 aromatic carbocycles. The third-order valence-electron chi connectivity index (χ3n) is 6.18. The van der Waals surface area contributed by atoms with Gasteiger partial charge in [-0.2, -0.15) is 0 Å². The minimum absolute atomic E-state index is 0.165. The van der Waals surface area contributed by atoms with Crippen LogP contribution in [0.4, 0.5) is 4.79 Å². The van der Waals surface area contributed by atoms with Crippen molar-refractivity contribution in [2.75, 3.05) is 86.0 Å². The Bertz CT molecular complexity index is 494. The van der Waals surface area contributed by atoms with E-state index in [1.165, 1.54) is 12.8 Å². The van der Waals surface area contributed by atoms with Crippen LogP contribution in [0.3, 0.4) is 0 Å². The molecule has 0 unspecified atom stereocenters. The van der Waals surface area contributed by atoms with E-state index >= 15 is 0 Å². The Labute approximate surface area is 188 Å². The first kappa shape index (κ1) is 26.3. The molecule has 2 heterocycles. The maximum atomic E-state index is 12.3. The SMILES string of the molecule is CNCCOCCOCCOCCN1CCC2(CC1)CCN(C(=O)OC(C)(C)C)CC2. The molecular formula is C23H45N3O5. The van der Waals surface area contributed by atoms with Gasteiger partial charge < -0.3 is 34.1 Å². The monoisotopic (exact) mass is 443 g/mol. The molecular weight excluding hydrogens is 398 g/mol. The second-order valence-electron chi connectivity index (χ2n) is 9.75. The minimum atomic E-state index is -0.424. The Morgan fingerprint density at radius 3 is 1.90 bits per heavy atom. The van der Waals surface area contributed by atoms with Crippen LogP contribution in [-0.4, -0.2) is 107 Å². The Hall–Kier alpha value is -0.930. The van der Waals surface area contributed by atoms with Crippen LogP contribution in [0.5, 0.6) is 0 Å². The highest BCUT2D eigenvalue weighted by Crippen LogP contribution is 2.41. The number of amides is 1. The number of nitrogens with zero attached hydrogens (tertiary/aromatic N) is 2. The summed E-state index contributed by atoms with van der Waals surface area (Å²) < 4.78 is 22.2. The van der Waals surface area contributed by atoms with E-state index in [9.17, 15) is 4.79 Å². The Morgan fingerprint density at radius 2 is 1.35 bits per heavy atom. The molecule has 0 aliphatic carbocycles. The summed E-state index contributed by atoms with van der Waals surface area (Å²) in [6, 6.07) is 0. The zero-order valence-electron chi connectivity index (χ0n) is 20.2. The maximum Gasteiger partial charge on any atom is 0.410 e. The maximum absolute atomic E-state index is 12.3. The van der Waals surface area contributed by atoms with Gasteiger partial charge in [0.25, 0.3) is 0 Å². The molecule has 2 saturated heterocycles. The van der Waals surface area contributed by atoms with Crippen molar-refractivity contribution >= 4 is 6.09 Å². The van der Waals surface area contributed by atoms with Crippen LogP contribution in [0.2, 0.25) is 0 Å². The highest BCUT2D eigenvalue weighted by atomic mass is 16.6. The van der Waals surface area contributed by atoms with Gasteiger partial charge >= 0.3 is 6.09 Å². The van der Waals surface area contributed by atoms with Gasteiger partial charge in [-0.25, -0.2) is 4.79 Å². The van der Waals surface area contributed by atoms with Crippen LogP contribution < -0.4 is 5.32 Å². The van der Waals surface area contributed by atoms with Crippen molar-refractivity contribution < 1.29 is 23.7 Å². The summed E-state index contributed by atoms with van der Waals surface area (Å²) in [5.41, 5.74) is -0.0225. The van der Waals surface area contributed by atoms with Crippen molar-refractivity contribution in [3.8, 4) is 0 Å². The van der Waals surface area contributed by atoms with E-state index < -0.39 is 5.60 Å². The number of likely N-dealkylation sites (N-methyl/N-ethyl adjacent to an activating group) is 1. The predicted molar refractivity (Wildman–Crippen MR) is 122 cm³/mol. The zero-order chi connectivity index (χ0) is 22.6. The molecule has 1 spiro atoms. The first-order valence-corrected chi connectivity index (χ1v) is 11.9. The summed E-state index contributed by atoms with van der Waals surface area (Å²) in [4.78, 5) is 16.7. The topological polar surface area (TPSA) is 72.5 Å². The second-order valence-corrected chi connectivity index (χ2v) is 9.75. The lowest BCUT2D eigenvalue weighted by atomic mass is 9.71. The summed E-state index contributed by atoms with van der Waals surface area (Å²) in [7, 11) is 1.91. The molecule has 2 rings (SSSR count). The van der Waals surface area contributed by atoms with Gasteiger partial charge in [-0.3, -0.25) is 0 Å². The smallest absolute Gasteiger partial charge is 0.410 e. The molecule has 31 heavy (non-hydrogen) atoms. The summed E-state index contributed by atoms with van der Waals surface area (Å²) in [6.07, 6.45) is 4.44. The molecule has 8 nitrogen and oxygen atoms in total. The van der Waals surface area contributed by atoms with Gasteiger partial charge in [0.05, 0.1) is 39.6 Å². The largest absolute Gasteiger partial charge is 0.444 e. The molecule has 1 N–H and O–H groups in total. The normalized spacial score (nSPS) is 19.7. The number of hydrogen-bond donors (Lipinski definition) is 1. The molecule has 0 aromatic rings. The van der Waals surface area contributed by atoms with Crippen LogP contribution in [-0.2, 0) is 18.9 Å². The van der Waals surface area contributed by atoms with Gasteiger partial charge in [0.2, 0.25) is 0 Å². The molecule has 2 fully saturated rings. The first-order valence-electron chi connectivity index (χ1n) is 11.9. The van der Waals surface area contributed by atoms with Gasteiger partial charge in [-0.05, 0) is 72.0 Å². The minimum Gasteiger partial charge on any atom is -0.444 e. The molecule has 2 aliphatic rings. The number of piperidine rings is 2. The number of rotatable bonds is 12. The van der Waals surface area contributed by atoms with Crippen LogP contribution in [0.25, 0.3) is 0 Å². The quantitative estimate of drug-likeness (QED) is 0.464. The molecule has 2 aliphatic heterocycles. The third-order valence-corrected chi connectivity index (χ3v) is 6.18. The predicted octanol–water partition coefficient (Wildman–Crippen LogP) is 2.37. The van der Waals surface area contributed by atoms with Crippen molar-refractivity contribution in [3.05, 3.63) is 0 Å². The second kappa shape index (κ2) is 13.6. The van der Waals surface area contributed by atoms with E-state index in [0.717, 1.165) is 65.3 Å². The van der Waals surface area contributed by atoms with E-state index in [0.29, 0.717) is 31.8 Å². The average molecular weight is 444 g/mol. The van der Waals surface area contributed by atoms with Crippen LogP contribution >= 0.6 is 0 Å². The van der Waals surface area contributed by atoms with E-state index in [4.69, 9.17) is 18.9 Å². The molecule has 8 heteroatoms. The van der Waals surface area contributed by atoms with Gasteiger partial charge in [0, 0.05) is 26.2 Å². The number of carbonyl (C=O) groups is 1. The summed E-state index contributed by atoms with van der Waals surface area (Å²) in [5, 5.41) is 3.04. The van der Waals surface area contributed by atoms with Crippen molar-refractivity contribution in [1.29, 1.82) is 0 Å². The first-order chi connectivity index (χ1) is 14.8. The number of carbonyl (C=O) groups excluding carboxylic acids is 1. The van der Waals surface area contributed by atoms with Gasteiger partial charge in [-0.15, -0.1) is 0 Å². The number of nitrogens with one attached hydrogen (secondary N) is 1. The fourth-order valence-corrected chi connectivity index (χ4v) is 4.15. The molecule has 0 atom stereocenters. The standard InChI is InChI=1S/C23H45N3O5/c1-22(2,3)31-21(27)26-12-7-23(8-13-26)5-10-25(11-6-23)14-16-29-18-20-30-19-17-28-15-9-24-4/h24H,5-20H2,1-4H3. The molecule has 0 bridgehead atoms. The Morgan fingerprint density at radius 1 is 0.839 bits per heavy atom. The van der Waals surface area contributed by atoms with E-state index in [-0.39, 0.29) is 6.09 Å². The molecule has 1 amide bonds. The fraction of sp³-hybridized carbons (Fsp3) is 0.957.